The number of carboxylic acids is 1. The molecule has 0 fully saturated rings. The SMILES string of the molecule is Cc1c(C(=O)O)oc2c1/C(=N/NC(=O)c1ccc(-c3ccccc3)cc1)CCC2. The third-order valence-electron chi connectivity index (χ3n) is 5.07. The van der Waals surface area contributed by atoms with Crippen molar-refractivity contribution >= 4 is 17.6 Å². The summed E-state index contributed by atoms with van der Waals surface area (Å²) in [6, 6.07) is 17.2. The number of fused-ring (bicyclic) bond motifs is 1. The van der Waals surface area contributed by atoms with Gasteiger partial charge in [0.25, 0.3) is 5.91 Å². The molecule has 1 aliphatic carbocycles. The molecule has 1 aliphatic rings. The molecule has 0 spiro atoms. The van der Waals surface area contributed by atoms with E-state index in [0.29, 0.717) is 41.0 Å². The molecular formula is C23H20N2O4. The highest BCUT2D eigenvalue weighted by Gasteiger charge is 2.27. The summed E-state index contributed by atoms with van der Waals surface area (Å²) in [5.74, 6) is -0.860. The Morgan fingerprint density at radius 3 is 2.38 bits per heavy atom. The zero-order chi connectivity index (χ0) is 20.4. The van der Waals surface area contributed by atoms with Gasteiger partial charge in [0.1, 0.15) is 5.76 Å². The van der Waals surface area contributed by atoms with Crippen molar-refractivity contribution in [2.45, 2.75) is 26.2 Å². The molecule has 1 heterocycles. The maximum Gasteiger partial charge on any atom is 0.372 e. The fraction of sp³-hybridized carbons (Fsp3) is 0.174. The van der Waals surface area contributed by atoms with E-state index in [0.717, 1.165) is 17.5 Å². The second-order valence-corrected chi connectivity index (χ2v) is 6.96. The average Bonchev–Trinajstić information content (AvgIpc) is 3.10. The summed E-state index contributed by atoms with van der Waals surface area (Å²) in [6.07, 6.45) is 2.11. The van der Waals surface area contributed by atoms with Crippen molar-refractivity contribution in [1.82, 2.24) is 5.43 Å². The molecule has 29 heavy (non-hydrogen) atoms. The zero-order valence-corrected chi connectivity index (χ0v) is 15.9. The van der Waals surface area contributed by atoms with Crippen LogP contribution in [0.25, 0.3) is 11.1 Å². The largest absolute Gasteiger partial charge is 0.475 e. The number of aryl methyl sites for hydroxylation is 1. The van der Waals surface area contributed by atoms with Gasteiger partial charge in [-0.1, -0.05) is 42.5 Å². The molecule has 0 radical (unpaired) electrons. The molecule has 6 nitrogen and oxygen atoms in total. The van der Waals surface area contributed by atoms with Gasteiger partial charge in [-0.2, -0.15) is 5.10 Å². The molecule has 0 unspecified atom stereocenters. The summed E-state index contributed by atoms with van der Waals surface area (Å²) in [5, 5.41) is 13.5. The lowest BCUT2D eigenvalue weighted by atomic mass is 9.93. The standard InChI is InChI=1S/C23H20N2O4/c1-14-20-18(8-5-9-19(20)29-21(14)23(27)28)24-25-22(26)17-12-10-16(11-13-17)15-6-3-2-4-7-15/h2-4,6-7,10-13H,5,8-9H2,1H3,(H,25,26)(H,27,28)/b24-18+. The number of furan rings is 1. The van der Waals surface area contributed by atoms with Crippen LogP contribution in [-0.4, -0.2) is 22.7 Å². The molecule has 2 aromatic carbocycles. The van der Waals surface area contributed by atoms with E-state index >= 15 is 0 Å². The number of carboxylic acid groups (broad SMARTS) is 1. The molecule has 0 atom stereocenters. The molecule has 146 valence electrons. The Hall–Kier alpha value is -3.67. The summed E-state index contributed by atoms with van der Waals surface area (Å²) in [6.45, 7) is 1.71. The highest BCUT2D eigenvalue weighted by Crippen LogP contribution is 2.29. The average molecular weight is 388 g/mol. The van der Waals surface area contributed by atoms with Gasteiger partial charge in [0.05, 0.1) is 5.71 Å². The molecular weight excluding hydrogens is 368 g/mol. The van der Waals surface area contributed by atoms with Crippen molar-refractivity contribution in [3.8, 4) is 11.1 Å². The number of nitrogens with zero attached hydrogens (tertiary/aromatic N) is 1. The van der Waals surface area contributed by atoms with Crippen LogP contribution < -0.4 is 5.43 Å². The summed E-state index contributed by atoms with van der Waals surface area (Å²) in [7, 11) is 0. The smallest absolute Gasteiger partial charge is 0.372 e. The topological polar surface area (TPSA) is 91.9 Å². The van der Waals surface area contributed by atoms with E-state index in [2.05, 4.69) is 10.5 Å². The van der Waals surface area contributed by atoms with Crippen LogP contribution in [0.3, 0.4) is 0 Å². The Kier molecular flexibility index (Phi) is 4.99. The van der Waals surface area contributed by atoms with E-state index < -0.39 is 5.97 Å². The van der Waals surface area contributed by atoms with Crippen LogP contribution in [0, 0.1) is 6.92 Å². The van der Waals surface area contributed by atoms with Crippen molar-refractivity contribution < 1.29 is 19.1 Å². The summed E-state index contributed by atoms with van der Waals surface area (Å²) in [5.41, 5.74) is 7.10. The van der Waals surface area contributed by atoms with Crippen molar-refractivity contribution in [2.75, 3.05) is 0 Å². The number of benzene rings is 2. The van der Waals surface area contributed by atoms with Crippen LogP contribution in [0.2, 0.25) is 0 Å². The molecule has 1 aromatic heterocycles. The van der Waals surface area contributed by atoms with Crippen molar-refractivity contribution in [3.63, 3.8) is 0 Å². The molecule has 4 rings (SSSR count). The van der Waals surface area contributed by atoms with Crippen LogP contribution in [0.4, 0.5) is 0 Å². The molecule has 0 bridgehead atoms. The molecule has 0 aliphatic heterocycles. The number of amides is 1. The van der Waals surface area contributed by atoms with Gasteiger partial charge in [-0.3, -0.25) is 4.79 Å². The minimum Gasteiger partial charge on any atom is -0.475 e. The lowest BCUT2D eigenvalue weighted by molar-refractivity contribution is 0.0659. The van der Waals surface area contributed by atoms with Gasteiger partial charge in [-0.15, -0.1) is 0 Å². The van der Waals surface area contributed by atoms with E-state index in [1.807, 2.05) is 42.5 Å². The van der Waals surface area contributed by atoms with Gasteiger partial charge < -0.3 is 9.52 Å². The number of carbonyl (C=O) groups is 2. The summed E-state index contributed by atoms with van der Waals surface area (Å²) >= 11 is 0. The third kappa shape index (κ3) is 3.69. The number of nitrogens with one attached hydrogen (secondary N) is 1. The molecule has 1 amide bonds. The number of aromatic carboxylic acids is 1. The lowest BCUT2D eigenvalue weighted by Gasteiger charge is -2.13. The second kappa shape index (κ2) is 7.75. The predicted molar refractivity (Wildman–Crippen MR) is 109 cm³/mol. The predicted octanol–water partition coefficient (Wildman–Crippen LogP) is 4.42. The van der Waals surface area contributed by atoms with E-state index in [-0.39, 0.29) is 11.7 Å². The Labute approximate surface area is 167 Å². The monoisotopic (exact) mass is 388 g/mol. The molecule has 6 heteroatoms. The summed E-state index contributed by atoms with van der Waals surface area (Å²) < 4.78 is 5.48. The maximum atomic E-state index is 12.5. The number of carbonyl (C=O) groups excluding carboxylic acids is 1. The Bertz CT molecular complexity index is 1100. The first kappa shape index (κ1) is 18.7. The van der Waals surface area contributed by atoms with Crippen LogP contribution in [0.5, 0.6) is 0 Å². The van der Waals surface area contributed by atoms with Gasteiger partial charge in [0, 0.05) is 23.1 Å². The molecule has 2 N–H and O–H groups in total. The van der Waals surface area contributed by atoms with E-state index in [9.17, 15) is 14.7 Å². The van der Waals surface area contributed by atoms with Gasteiger partial charge in [0.15, 0.2) is 0 Å². The van der Waals surface area contributed by atoms with Gasteiger partial charge in [-0.05, 0) is 43.0 Å². The first-order chi connectivity index (χ1) is 14.0. The molecule has 3 aromatic rings. The fourth-order valence-corrected chi connectivity index (χ4v) is 3.61. The Morgan fingerprint density at radius 1 is 1.00 bits per heavy atom. The van der Waals surface area contributed by atoms with Gasteiger partial charge in [-0.25, -0.2) is 10.2 Å². The number of hydrogen-bond donors (Lipinski definition) is 2. The molecule has 0 saturated carbocycles. The first-order valence-electron chi connectivity index (χ1n) is 9.43. The first-order valence-corrected chi connectivity index (χ1v) is 9.43. The fourth-order valence-electron chi connectivity index (χ4n) is 3.61. The third-order valence-corrected chi connectivity index (χ3v) is 5.07. The number of rotatable bonds is 4. The van der Waals surface area contributed by atoms with Crippen molar-refractivity contribution in [2.24, 2.45) is 5.10 Å². The van der Waals surface area contributed by atoms with E-state index in [4.69, 9.17) is 4.42 Å². The highest BCUT2D eigenvalue weighted by atomic mass is 16.4. The van der Waals surface area contributed by atoms with Crippen molar-refractivity contribution in [1.29, 1.82) is 0 Å². The summed E-state index contributed by atoms with van der Waals surface area (Å²) in [4.78, 5) is 23.8. The highest BCUT2D eigenvalue weighted by molar-refractivity contribution is 6.06. The van der Waals surface area contributed by atoms with Crippen LogP contribution in [0.1, 0.15) is 50.6 Å². The van der Waals surface area contributed by atoms with E-state index in [1.54, 1.807) is 19.1 Å². The zero-order valence-electron chi connectivity index (χ0n) is 15.9. The Morgan fingerprint density at radius 2 is 1.69 bits per heavy atom. The van der Waals surface area contributed by atoms with Gasteiger partial charge in [0.2, 0.25) is 5.76 Å². The lowest BCUT2D eigenvalue weighted by Crippen LogP contribution is -2.22. The van der Waals surface area contributed by atoms with Crippen LogP contribution in [-0.2, 0) is 6.42 Å². The van der Waals surface area contributed by atoms with Crippen LogP contribution in [0.15, 0.2) is 64.1 Å². The maximum absolute atomic E-state index is 12.5. The number of hydrogen-bond acceptors (Lipinski definition) is 4. The Balaban J connectivity index is 1.53. The van der Waals surface area contributed by atoms with Crippen molar-refractivity contribution in [3.05, 3.63) is 82.8 Å². The minimum atomic E-state index is -1.10. The second-order valence-electron chi connectivity index (χ2n) is 6.96. The molecule has 0 saturated heterocycles. The van der Waals surface area contributed by atoms with E-state index in [1.165, 1.54) is 0 Å². The minimum absolute atomic E-state index is 0.0626. The number of hydrazone groups is 1. The van der Waals surface area contributed by atoms with Gasteiger partial charge >= 0.3 is 5.97 Å². The normalized spacial score (nSPS) is 14.4. The van der Waals surface area contributed by atoms with Crippen LogP contribution >= 0.6 is 0 Å². The quantitative estimate of drug-likeness (QED) is 0.647.